The number of benzene rings is 2. The van der Waals surface area contributed by atoms with Gasteiger partial charge in [-0.15, -0.1) is 0 Å². The minimum absolute atomic E-state index is 0.152. The molecule has 0 aliphatic heterocycles. The van der Waals surface area contributed by atoms with Gasteiger partial charge >= 0.3 is 0 Å². The number of ether oxygens (including phenoxy) is 2. The topological polar surface area (TPSA) is 84.9 Å². The number of rotatable bonds is 8. The van der Waals surface area contributed by atoms with Crippen LogP contribution in [-0.2, 0) is 14.8 Å². The molecule has 1 N–H and O–H groups in total. The summed E-state index contributed by atoms with van der Waals surface area (Å²) < 4.78 is 36.7. The van der Waals surface area contributed by atoms with Crippen LogP contribution in [0.2, 0.25) is 0 Å². The zero-order chi connectivity index (χ0) is 21.6. The van der Waals surface area contributed by atoms with Gasteiger partial charge in [-0.1, -0.05) is 6.07 Å². The van der Waals surface area contributed by atoms with E-state index in [4.69, 9.17) is 9.47 Å². The Morgan fingerprint density at radius 2 is 1.66 bits per heavy atom. The van der Waals surface area contributed by atoms with Crippen molar-refractivity contribution in [2.45, 2.75) is 24.8 Å². The van der Waals surface area contributed by atoms with Crippen LogP contribution in [0.15, 0.2) is 53.4 Å². The van der Waals surface area contributed by atoms with Crippen molar-refractivity contribution in [3.8, 4) is 11.5 Å². The Morgan fingerprint density at radius 3 is 2.21 bits per heavy atom. The maximum atomic E-state index is 12.5. The summed E-state index contributed by atoms with van der Waals surface area (Å²) in [5.74, 6) is 0.833. The lowest BCUT2D eigenvalue weighted by molar-refractivity contribution is -0.111. The van der Waals surface area contributed by atoms with Crippen LogP contribution in [0.3, 0.4) is 0 Å². The zero-order valence-corrected chi connectivity index (χ0v) is 18.0. The highest BCUT2D eigenvalue weighted by molar-refractivity contribution is 7.89. The largest absolute Gasteiger partial charge is 0.493 e. The van der Waals surface area contributed by atoms with Gasteiger partial charge in [0.15, 0.2) is 11.5 Å². The van der Waals surface area contributed by atoms with Crippen molar-refractivity contribution in [1.29, 1.82) is 0 Å². The normalized spacial score (nSPS) is 11.8. The van der Waals surface area contributed by atoms with E-state index in [1.807, 2.05) is 0 Å². The van der Waals surface area contributed by atoms with E-state index in [9.17, 15) is 13.2 Å². The Balaban J connectivity index is 2.07. The molecule has 1 amide bonds. The highest BCUT2D eigenvalue weighted by Crippen LogP contribution is 2.28. The molecule has 0 aromatic heterocycles. The van der Waals surface area contributed by atoms with E-state index in [0.717, 1.165) is 5.56 Å². The molecule has 0 aliphatic carbocycles. The second-order valence-electron chi connectivity index (χ2n) is 6.58. The summed E-state index contributed by atoms with van der Waals surface area (Å²) in [7, 11) is 1.08. The summed E-state index contributed by atoms with van der Waals surface area (Å²) in [5.41, 5.74) is 1.27. The van der Waals surface area contributed by atoms with Crippen LogP contribution in [0.5, 0.6) is 11.5 Å². The number of hydrogen-bond donors (Lipinski definition) is 1. The van der Waals surface area contributed by atoms with Crippen molar-refractivity contribution in [3.05, 3.63) is 54.1 Å². The van der Waals surface area contributed by atoms with Crippen molar-refractivity contribution in [2.24, 2.45) is 0 Å². The summed E-state index contributed by atoms with van der Waals surface area (Å²) >= 11 is 0. The first kappa shape index (κ1) is 22.4. The van der Waals surface area contributed by atoms with Gasteiger partial charge in [-0.05, 0) is 61.9 Å². The standard InChI is InChI=1S/C21H26N2O5S/c1-15(2)23(3)29(25,26)18-10-8-17(9-11-18)22-21(24)13-7-16-6-12-19(27-4)20(14-16)28-5/h6-15H,1-5H3,(H,22,24)/b13-7+. The Bertz CT molecular complexity index is 983. The zero-order valence-electron chi connectivity index (χ0n) is 17.2. The Morgan fingerprint density at radius 1 is 1.03 bits per heavy atom. The van der Waals surface area contributed by atoms with Crippen LogP contribution in [0, 0.1) is 0 Å². The second-order valence-corrected chi connectivity index (χ2v) is 8.57. The van der Waals surface area contributed by atoms with Gasteiger partial charge in [-0.3, -0.25) is 4.79 Å². The van der Waals surface area contributed by atoms with Crippen molar-refractivity contribution >= 4 is 27.7 Å². The average molecular weight is 419 g/mol. The molecule has 0 saturated heterocycles. The van der Waals surface area contributed by atoms with Crippen molar-refractivity contribution in [2.75, 3.05) is 26.6 Å². The number of carbonyl (C=O) groups is 1. The SMILES string of the molecule is COc1ccc(/C=C/C(=O)Nc2ccc(S(=O)(=O)N(C)C(C)C)cc2)cc1OC. The van der Waals surface area contributed by atoms with Gasteiger partial charge in [0.2, 0.25) is 15.9 Å². The number of amides is 1. The average Bonchev–Trinajstić information content (AvgIpc) is 2.71. The van der Waals surface area contributed by atoms with E-state index in [-0.39, 0.29) is 16.8 Å². The van der Waals surface area contributed by atoms with Crippen molar-refractivity contribution in [3.63, 3.8) is 0 Å². The van der Waals surface area contributed by atoms with Gasteiger partial charge in [-0.2, -0.15) is 4.31 Å². The van der Waals surface area contributed by atoms with E-state index >= 15 is 0 Å². The van der Waals surface area contributed by atoms with Crippen LogP contribution in [0.4, 0.5) is 5.69 Å². The monoisotopic (exact) mass is 418 g/mol. The maximum absolute atomic E-state index is 12.5. The maximum Gasteiger partial charge on any atom is 0.248 e. The predicted molar refractivity (Wildman–Crippen MR) is 114 cm³/mol. The number of hydrogen-bond acceptors (Lipinski definition) is 5. The molecule has 2 rings (SSSR count). The molecule has 0 aliphatic rings. The fourth-order valence-corrected chi connectivity index (χ4v) is 3.83. The molecular weight excluding hydrogens is 392 g/mol. The van der Waals surface area contributed by atoms with E-state index in [1.54, 1.807) is 64.5 Å². The van der Waals surface area contributed by atoms with E-state index in [2.05, 4.69) is 5.32 Å². The first-order valence-electron chi connectivity index (χ1n) is 8.98. The third kappa shape index (κ3) is 5.58. The Labute approximate surface area is 172 Å². The third-order valence-corrected chi connectivity index (χ3v) is 6.41. The summed E-state index contributed by atoms with van der Waals surface area (Å²) in [5, 5.41) is 2.70. The Hall–Kier alpha value is -2.84. The molecular formula is C21H26N2O5S. The minimum atomic E-state index is -3.56. The molecule has 0 unspecified atom stereocenters. The summed E-state index contributed by atoms with van der Waals surface area (Å²) in [6.07, 6.45) is 3.03. The summed E-state index contributed by atoms with van der Waals surface area (Å²) in [4.78, 5) is 12.3. The van der Waals surface area contributed by atoms with Gasteiger partial charge in [0.05, 0.1) is 19.1 Å². The minimum Gasteiger partial charge on any atom is -0.493 e. The first-order chi connectivity index (χ1) is 13.7. The van der Waals surface area contributed by atoms with Crippen molar-refractivity contribution < 1.29 is 22.7 Å². The number of nitrogens with one attached hydrogen (secondary N) is 1. The van der Waals surface area contributed by atoms with Crippen LogP contribution in [-0.4, -0.2) is 45.9 Å². The van der Waals surface area contributed by atoms with Crippen LogP contribution >= 0.6 is 0 Å². The second kappa shape index (κ2) is 9.58. The fraction of sp³-hybridized carbons (Fsp3) is 0.286. The van der Waals surface area contributed by atoms with Crippen LogP contribution < -0.4 is 14.8 Å². The van der Waals surface area contributed by atoms with E-state index in [1.165, 1.54) is 29.6 Å². The van der Waals surface area contributed by atoms with Gasteiger partial charge in [-0.25, -0.2) is 8.42 Å². The molecule has 2 aromatic carbocycles. The van der Waals surface area contributed by atoms with Crippen LogP contribution in [0.25, 0.3) is 6.08 Å². The molecule has 0 atom stereocenters. The molecule has 8 heteroatoms. The molecule has 29 heavy (non-hydrogen) atoms. The quantitative estimate of drug-likeness (QED) is 0.665. The molecule has 0 saturated carbocycles. The van der Waals surface area contributed by atoms with Gasteiger partial charge in [0.25, 0.3) is 0 Å². The molecule has 0 bridgehead atoms. The molecule has 156 valence electrons. The van der Waals surface area contributed by atoms with E-state index in [0.29, 0.717) is 17.2 Å². The number of nitrogens with zero attached hydrogens (tertiary/aromatic N) is 1. The highest BCUT2D eigenvalue weighted by atomic mass is 32.2. The summed E-state index contributed by atoms with van der Waals surface area (Å²) in [6, 6.07) is 11.2. The number of sulfonamides is 1. The van der Waals surface area contributed by atoms with E-state index < -0.39 is 10.0 Å². The predicted octanol–water partition coefficient (Wildman–Crippen LogP) is 3.38. The smallest absolute Gasteiger partial charge is 0.248 e. The van der Waals surface area contributed by atoms with Crippen LogP contribution in [0.1, 0.15) is 19.4 Å². The molecule has 7 nitrogen and oxygen atoms in total. The molecule has 2 aromatic rings. The third-order valence-electron chi connectivity index (χ3n) is 4.36. The van der Waals surface area contributed by atoms with Crippen molar-refractivity contribution in [1.82, 2.24) is 4.31 Å². The molecule has 0 radical (unpaired) electrons. The number of carbonyl (C=O) groups excluding carboxylic acids is 1. The van der Waals surface area contributed by atoms with Gasteiger partial charge in [0.1, 0.15) is 0 Å². The fourth-order valence-electron chi connectivity index (χ4n) is 2.47. The first-order valence-corrected chi connectivity index (χ1v) is 10.4. The lowest BCUT2D eigenvalue weighted by Crippen LogP contribution is -2.33. The number of anilines is 1. The van der Waals surface area contributed by atoms with Gasteiger partial charge < -0.3 is 14.8 Å². The number of methoxy groups -OCH3 is 2. The lowest BCUT2D eigenvalue weighted by atomic mass is 10.2. The summed E-state index contributed by atoms with van der Waals surface area (Å²) in [6.45, 7) is 3.60. The molecule has 0 fully saturated rings. The van der Waals surface area contributed by atoms with Gasteiger partial charge in [0, 0.05) is 24.9 Å². The lowest BCUT2D eigenvalue weighted by Gasteiger charge is -2.21. The Kier molecular flexibility index (Phi) is 7.41. The highest BCUT2D eigenvalue weighted by Gasteiger charge is 2.22. The molecule has 0 heterocycles. The molecule has 0 spiro atoms.